The van der Waals surface area contributed by atoms with Gasteiger partial charge in [0.15, 0.2) is 0 Å². The van der Waals surface area contributed by atoms with Gasteiger partial charge in [-0.05, 0) is 36.4 Å². The van der Waals surface area contributed by atoms with Gasteiger partial charge in [-0.3, -0.25) is 0 Å². The smallest absolute Gasteiger partial charge is 0.328 e. The van der Waals surface area contributed by atoms with Crippen molar-refractivity contribution < 1.29 is 39.5 Å². The third-order valence-electron chi connectivity index (χ3n) is 6.24. The molecule has 4 aromatic rings. The van der Waals surface area contributed by atoms with Gasteiger partial charge in [-0.15, -0.1) is 0 Å². The Hall–Kier alpha value is -5.38. The second-order valence-electron chi connectivity index (χ2n) is 11.1. The van der Waals surface area contributed by atoms with Crippen molar-refractivity contribution in [3.63, 3.8) is 0 Å². The summed E-state index contributed by atoms with van der Waals surface area (Å²) in [7, 11) is 0. The zero-order valence-corrected chi connectivity index (χ0v) is 27.2. The first-order chi connectivity index (χ1) is 22.8. The fraction of sp³-hybridized carbons (Fsp3) is 0.353. The van der Waals surface area contributed by atoms with E-state index in [2.05, 4.69) is 32.7 Å². The zero-order valence-electron chi connectivity index (χ0n) is 27.2. The molecule has 0 saturated carbocycles. The van der Waals surface area contributed by atoms with Crippen LogP contribution in [-0.2, 0) is 9.59 Å². The maximum atomic E-state index is 9.84. The molecule has 0 bridgehead atoms. The number of hydrogen-bond acceptors (Lipinski definition) is 10. The maximum Gasteiger partial charge on any atom is 0.328 e. The average molecular weight is 663 g/mol. The second kappa shape index (κ2) is 20.0. The van der Waals surface area contributed by atoms with Crippen LogP contribution in [0, 0.1) is 22.7 Å². The van der Waals surface area contributed by atoms with E-state index in [1.165, 1.54) is 0 Å². The summed E-state index contributed by atoms with van der Waals surface area (Å²) in [6.07, 6.45) is -0.0194. The number of fused-ring (bicyclic) bond motifs is 2. The van der Waals surface area contributed by atoms with Crippen molar-refractivity contribution in [1.82, 2.24) is 20.6 Å². The van der Waals surface area contributed by atoms with Gasteiger partial charge in [0.05, 0.1) is 11.0 Å². The summed E-state index contributed by atoms with van der Waals surface area (Å²) in [6.45, 7) is 9.51. The summed E-state index contributed by atoms with van der Waals surface area (Å²) in [5.74, 6) is -1.17. The predicted molar refractivity (Wildman–Crippen MR) is 180 cm³/mol. The third-order valence-corrected chi connectivity index (χ3v) is 6.24. The van der Waals surface area contributed by atoms with E-state index >= 15 is 0 Å². The topological polar surface area (TPSA) is 237 Å². The van der Waals surface area contributed by atoms with Crippen LogP contribution < -0.4 is 20.1 Å². The van der Waals surface area contributed by atoms with Crippen LogP contribution in [0.15, 0.2) is 60.7 Å². The molecule has 0 amide bonds. The Kier molecular flexibility index (Phi) is 16.2. The fourth-order valence-electron chi connectivity index (χ4n) is 4.00. The van der Waals surface area contributed by atoms with E-state index in [9.17, 15) is 19.8 Å². The van der Waals surface area contributed by atoms with E-state index in [0.29, 0.717) is 60.2 Å². The van der Waals surface area contributed by atoms with E-state index in [1.54, 1.807) is 12.1 Å². The number of carboxylic acids is 2. The first-order valence-electron chi connectivity index (χ1n) is 15.1. The number of aromatic amines is 2. The zero-order chi connectivity index (χ0) is 35.6. The Balaban J connectivity index is 0.000000274. The number of hydrogen-bond donors (Lipinski definition) is 8. The lowest BCUT2D eigenvalue weighted by atomic mass is 10.2. The number of nitrogens with one attached hydrogen (secondary N) is 4. The quantitative estimate of drug-likeness (QED) is 0.0909. The SMILES string of the molecule is CC(C)NCC(O)COc1cccc2[nH]c(C#N)cc12.CC(C)NCC(O)COc1cccc2[nH]c(C#N)cc12.O=C(O)/C=C/C(=O)O. The van der Waals surface area contributed by atoms with Crippen molar-refractivity contribution in [3.05, 3.63) is 72.1 Å². The highest BCUT2D eigenvalue weighted by molar-refractivity contribution is 5.90. The van der Waals surface area contributed by atoms with Gasteiger partial charge in [-0.1, -0.05) is 39.8 Å². The van der Waals surface area contributed by atoms with Crippen LogP contribution in [0.25, 0.3) is 21.8 Å². The minimum Gasteiger partial charge on any atom is -0.490 e. The van der Waals surface area contributed by atoms with Gasteiger partial charge in [0.2, 0.25) is 0 Å². The number of ether oxygens (including phenoxy) is 2. The summed E-state index contributed by atoms with van der Waals surface area (Å²) in [6, 6.07) is 19.5. The highest BCUT2D eigenvalue weighted by Crippen LogP contribution is 2.27. The molecule has 2 aromatic carbocycles. The Labute approximate surface area is 278 Å². The summed E-state index contributed by atoms with van der Waals surface area (Å²) in [5, 5.41) is 61.1. The molecule has 0 aliphatic rings. The number of aliphatic hydroxyl groups excluding tert-OH is 2. The van der Waals surface area contributed by atoms with Gasteiger partial charge < -0.3 is 50.5 Å². The Morgan fingerprint density at radius 1 is 0.750 bits per heavy atom. The van der Waals surface area contributed by atoms with Crippen molar-refractivity contribution in [2.24, 2.45) is 0 Å². The average Bonchev–Trinajstić information content (AvgIpc) is 3.68. The molecule has 2 heterocycles. The number of carbonyl (C=O) groups is 2. The largest absolute Gasteiger partial charge is 0.490 e. The molecule has 0 radical (unpaired) electrons. The van der Waals surface area contributed by atoms with Crippen LogP contribution in [0.2, 0.25) is 0 Å². The number of aliphatic carboxylic acids is 2. The normalized spacial score (nSPS) is 12.0. The number of nitrogens with zero attached hydrogens (tertiary/aromatic N) is 2. The van der Waals surface area contributed by atoms with Crippen molar-refractivity contribution in [2.75, 3.05) is 26.3 Å². The van der Waals surface area contributed by atoms with Crippen LogP contribution in [0.1, 0.15) is 39.1 Å². The second-order valence-corrected chi connectivity index (χ2v) is 11.1. The summed E-state index contributed by atoms with van der Waals surface area (Å²) in [5.41, 5.74) is 2.71. The summed E-state index contributed by atoms with van der Waals surface area (Å²) < 4.78 is 11.3. The van der Waals surface area contributed by atoms with Gasteiger partial charge in [0.1, 0.15) is 60.4 Å². The lowest BCUT2D eigenvalue weighted by Crippen LogP contribution is -2.35. The Morgan fingerprint density at radius 3 is 1.44 bits per heavy atom. The van der Waals surface area contributed by atoms with Gasteiger partial charge in [-0.2, -0.15) is 10.5 Å². The van der Waals surface area contributed by atoms with Gasteiger partial charge in [0.25, 0.3) is 0 Å². The van der Waals surface area contributed by atoms with E-state index in [1.807, 2.05) is 64.1 Å². The molecule has 4 rings (SSSR count). The van der Waals surface area contributed by atoms with Gasteiger partial charge >= 0.3 is 11.9 Å². The number of aliphatic hydroxyl groups is 2. The molecule has 2 atom stereocenters. The minimum atomic E-state index is -1.26. The molecule has 0 aliphatic carbocycles. The lowest BCUT2D eigenvalue weighted by molar-refractivity contribution is -0.134. The lowest BCUT2D eigenvalue weighted by Gasteiger charge is -2.15. The van der Waals surface area contributed by atoms with Gasteiger partial charge in [-0.25, -0.2) is 9.59 Å². The fourth-order valence-corrected chi connectivity index (χ4v) is 4.00. The number of carboxylic acid groups (broad SMARTS) is 2. The first-order valence-corrected chi connectivity index (χ1v) is 15.1. The van der Waals surface area contributed by atoms with Crippen LogP contribution in [0.5, 0.6) is 11.5 Å². The molecule has 2 unspecified atom stereocenters. The summed E-state index contributed by atoms with van der Waals surface area (Å²) in [4.78, 5) is 25.1. The molecule has 0 spiro atoms. The maximum absolute atomic E-state index is 9.84. The standard InChI is InChI=1S/2C15H19N3O2.C4H4O4/c2*1-10(2)17-8-12(19)9-20-15-5-3-4-14-13(15)6-11(7-16)18-14;5-3(6)1-2-4(7)8/h2*3-6,10,12,17-19H,8-9H2,1-2H3;1-2H,(H,5,6)(H,7,8)/b;;2-1+. The van der Waals surface area contributed by atoms with E-state index < -0.39 is 24.1 Å². The molecule has 14 heteroatoms. The van der Waals surface area contributed by atoms with Crippen LogP contribution in [-0.4, -0.2) is 92.9 Å². The molecule has 14 nitrogen and oxygen atoms in total. The molecular weight excluding hydrogens is 620 g/mol. The van der Waals surface area contributed by atoms with E-state index in [4.69, 9.17) is 30.2 Å². The van der Waals surface area contributed by atoms with E-state index in [0.717, 1.165) is 21.8 Å². The highest BCUT2D eigenvalue weighted by atomic mass is 16.5. The third kappa shape index (κ3) is 13.9. The van der Waals surface area contributed by atoms with E-state index in [-0.39, 0.29) is 13.2 Å². The van der Waals surface area contributed by atoms with Gasteiger partial charge in [0, 0.05) is 48.1 Å². The molecule has 48 heavy (non-hydrogen) atoms. The molecule has 256 valence electrons. The minimum absolute atomic E-state index is 0.214. The molecule has 0 fully saturated rings. The Bertz CT molecular complexity index is 1600. The first kappa shape index (κ1) is 38.8. The number of aromatic nitrogens is 2. The van der Waals surface area contributed by atoms with Crippen molar-refractivity contribution in [3.8, 4) is 23.6 Å². The van der Waals surface area contributed by atoms with Crippen LogP contribution >= 0.6 is 0 Å². The molecule has 2 aromatic heterocycles. The number of nitriles is 2. The molecular formula is C34H42N6O8. The Morgan fingerprint density at radius 2 is 1.12 bits per heavy atom. The highest BCUT2D eigenvalue weighted by Gasteiger charge is 2.11. The number of rotatable bonds is 14. The molecule has 8 N–H and O–H groups in total. The predicted octanol–water partition coefficient (Wildman–Crippen LogP) is 3.27. The van der Waals surface area contributed by atoms with Crippen LogP contribution in [0.4, 0.5) is 0 Å². The monoisotopic (exact) mass is 662 g/mol. The summed E-state index contributed by atoms with van der Waals surface area (Å²) >= 11 is 0. The molecule has 0 saturated heterocycles. The molecule has 0 aliphatic heterocycles. The van der Waals surface area contributed by atoms with Crippen molar-refractivity contribution in [2.45, 2.75) is 52.0 Å². The van der Waals surface area contributed by atoms with Crippen LogP contribution in [0.3, 0.4) is 0 Å². The van der Waals surface area contributed by atoms with Crippen molar-refractivity contribution in [1.29, 1.82) is 10.5 Å². The number of benzene rings is 2. The van der Waals surface area contributed by atoms with Crippen molar-refractivity contribution >= 4 is 33.7 Å². The number of H-pyrrole nitrogens is 2.